The predicted octanol–water partition coefficient (Wildman–Crippen LogP) is 3.17. The lowest BCUT2D eigenvalue weighted by molar-refractivity contribution is -0.155. The number of urea groups is 1. The van der Waals surface area contributed by atoms with Crippen LogP contribution >= 0.6 is 23.2 Å². The summed E-state index contributed by atoms with van der Waals surface area (Å²) in [5.74, 6) is -4.77. The molecule has 2 aliphatic rings. The summed E-state index contributed by atoms with van der Waals surface area (Å²) in [6.45, 7) is -0.0182. The van der Waals surface area contributed by atoms with E-state index in [2.05, 4.69) is 15.7 Å². The highest BCUT2D eigenvalue weighted by Crippen LogP contribution is 2.35. The fourth-order valence-electron chi connectivity index (χ4n) is 5.03. The number of carbonyl (C=O) groups is 6. The molecular formula is C29H26Cl2N6O8. The minimum absolute atomic E-state index is 0.0450. The lowest BCUT2D eigenvalue weighted by atomic mass is 10.0. The Balaban J connectivity index is 1.37. The Kier molecular flexibility index (Phi) is 9.34. The first-order valence-electron chi connectivity index (χ1n) is 13.8. The van der Waals surface area contributed by atoms with E-state index < -0.39 is 59.9 Å². The van der Waals surface area contributed by atoms with E-state index in [-0.39, 0.29) is 52.9 Å². The van der Waals surface area contributed by atoms with Gasteiger partial charge in [0.1, 0.15) is 12.1 Å². The minimum Gasteiger partial charge on any atom is -0.481 e. The molecule has 0 spiro atoms. The molecule has 0 aliphatic carbocycles. The summed E-state index contributed by atoms with van der Waals surface area (Å²) in [7, 11) is 0. The summed E-state index contributed by atoms with van der Waals surface area (Å²) in [5.41, 5.74) is 3.03. The Morgan fingerprint density at radius 1 is 1.02 bits per heavy atom. The Bertz CT molecular complexity index is 1640. The van der Waals surface area contributed by atoms with Crippen LogP contribution in [0.15, 0.2) is 59.1 Å². The number of Topliss-reactive ketones (excluding diaryl/α,β-unsaturated/α-hetero) is 1. The summed E-state index contributed by atoms with van der Waals surface area (Å²) >= 11 is 12.4. The zero-order valence-electron chi connectivity index (χ0n) is 23.4. The molecule has 45 heavy (non-hydrogen) atoms. The van der Waals surface area contributed by atoms with E-state index in [0.717, 1.165) is 15.0 Å². The third-order valence-corrected chi connectivity index (χ3v) is 7.81. The van der Waals surface area contributed by atoms with Crippen molar-refractivity contribution < 1.29 is 38.3 Å². The first-order chi connectivity index (χ1) is 21.5. The third-order valence-electron chi connectivity index (χ3n) is 7.18. The lowest BCUT2D eigenvalue weighted by Crippen LogP contribution is -2.65. The number of rotatable bonds is 9. The van der Waals surface area contributed by atoms with E-state index in [1.165, 1.54) is 6.20 Å². The number of hydrazine groups is 2. The Morgan fingerprint density at radius 2 is 1.73 bits per heavy atom. The van der Waals surface area contributed by atoms with Crippen LogP contribution in [0.5, 0.6) is 0 Å². The van der Waals surface area contributed by atoms with Gasteiger partial charge >= 0.3 is 12.0 Å². The molecule has 234 valence electrons. The average Bonchev–Trinajstić information content (AvgIpc) is 3.47. The number of amides is 5. The van der Waals surface area contributed by atoms with Crippen molar-refractivity contribution >= 4 is 58.7 Å². The van der Waals surface area contributed by atoms with Gasteiger partial charge in [-0.05, 0) is 37.1 Å². The molecule has 3 aromatic rings. The highest BCUT2D eigenvalue weighted by molar-refractivity contribution is 6.39. The van der Waals surface area contributed by atoms with E-state index in [1.54, 1.807) is 48.5 Å². The SMILES string of the molecule is O=C(O)CC(NC(=O)C1CCCN2C(=O)CCN(NC(=O)c3ccccc3)C(=O)N12)C(=O)c1ncc(-c2c(Cl)cccc2Cl)o1. The number of nitrogens with one attached hydrogen (secondary N) is 2. The number of oxazole rings is 1. The minimum atomic E-state index is -1.65. The fourth-order valence-corrected chi connectivity index (χ4v) is 5.61. The Morgan fingerprint density at radius 3 is 2.42 bits per heavy atom. The lowest BCUT2D eigenvalue weighted by Gasteiger charge is -2.43. The molecule has 2 aliphatic heterocycles. The monoisotopic (exact) mass is 656 g/mol. The van der Waals surface area contributed by atoms with Crippen molar-refractivity contribution in [3.8, 4) is 11.3 Å². The molecule has 5 rings (SSSR count). The van der Waals surface area contributed by atoms with Gasteiger partial charge in [-0.25, -0.2) is 24.8 Å². The summed E-state index contributed by atoms with van der Waals surface area (Å²) in [6.07, 6.45) is 0.650. The number of benzene rings is 2. The van der Waals surface area contributed by atoms with Gasteiger partial charge in [-0.15, -0.1) is 0 Å². The smallest absolute Gasteiger partial charge is 0.358 e. The first kappa shape index (κ1) is 31.5. The molecule has 2 atom stereocenters. The summed E-state index contributed by atoms with van der Waals surface area (Å²) in [6, 6.07) is 9.02. The second-order valence-electron chi connectivity index (χ2n) is 10.2. The van der Waals surface area contributed by atoms with Crippen LogP contribution in [-0.4, -0.2) is 85.8 Å². The normalized spacial score (nSPS) is 17.3. The molecule has 3 N–H and O–H groups in total. The number of carboxylic acids is 1. The first-order valence-corrected chi connectivity index (χ1v) is 14.5. The second kappa shape index (κ2) is 13.4. The maximum atomic E-state index is 13.7. The second-order valence-corrected chi connectivity index (χ2v) is 11.0. The largest absolute Gasteiger partial charge is 0.481 e. The van der Waals surface area contributed by atoms with Gasteiger partial charge in [0, 0.05) is 18.5 Å². The van der Waals surface area contributed by atoms with Crippen LogP contribution in [0.3, 0.4) is 0 Å². The number of carboxylic acid groups (broad SMARTS) is 1. The molecule has 1 aromatic heterocycles. The number of nitrogens with zero attached hydrogens (tertiary/aromatic N) is 4. The van der Waals surface area contributed by atoms with Crippen LogP contribution < -0.4 is 10.7 Å². The quantitative estimate of drug-likeness (QED) is 0.291. The van der Waals surface area contributed by atoms with Crippen LogP contribution in [0.25, 0.3) is 11.3 Å². The Hall–Kier alpha value is -4.95. The van der Waals surface area contributed by atoms with Crippen molar-refractivity contribution in [2.24, 2.45) is 0 Å². The zero-order valence-corrected chi connectivity index (χ0v) is 25.0. The van der Waals surface area contributed by atoms with Gasteiger partial charge in [0.15, 0.2) is 5.76 Å². The van der Waals surface area contributed by atoms with Crippen molar-refractivity contribution in [1.82, 2.24) is 30.8 Å². The number of ketones is 1. The summed E-state index contributed by atoms with van der Waals surface area (Å²) in [4.78, 5) is 82.1. The number of hydrogen-bond acceptors (Lipinski definition) is 8. The van der Waals surface area contributed by atoms with Crippen molar-refractivity contribution in [2.75, 3.05) is 13.1 Å². The van der Waals surface area contributed by atoms with Crippen molar-refractivity contribution in [1.29, 1.82) is 0 Å². The molecule has 2 saturated heterocycles. The molecule has 2 unspecified atom stereocenters. The van der Waals surface area contributed by atoms with E-state index >= 15 is 0 Å². The predicted molar refractivity (Wildman–Crippen MR) is 158 cm³/mol. The summed E-state index contributed by atoms with van der Waals surface area (Å²) < 4.78 is 5.57. The van der Waals surface area contributed by atoms with Crippen LogP contribution in [0.2, 0.25) is 10.0 Å². The molecular weight excluding hydrogens is 631 g/mol. The third kappa shape index (κ3) is 6.76. The van der Waals surface area contributed by atoms with Gasteiger partial charge in [0.05, 0.1) is 34.8 Å². The molecule has 0 radical (unpaired) electrons. The molecule has 0 bridgehead atoms. The van der Waals surface area contributed by atoms with Crippen molar-refractivity contribution in [3.63, 3.8) is 0 Å². The van der Waals surface area contributed by atoms with E-state index in [0.29, 0.717) is 6.42 Å². The fraction of sp³-hybridized carbons (Fsp3) is 0.276. The number of aliphatic carboxylic acids is 1. The van der Waals surface area contributed by atoms with Gasteiger partial charge in [-0.3, -0.25) is 29.4 Å². The van der Waals surface area contributed by atoms with Gasteiger partial charge in [-0.2, -0.15) is 0 Å². The Labute approximate surface area is 265 Å². The molecule has 2 aromatic carbocycles. The summed E-state index contributed by atoms with van der Waals surface area (Å²) in [5, 5.41) is 15.4. The van der Waals surface area contributed by atoms with Crippen LogP contribution in [0.4, 0.5) is 4.79 Å². The average molecular weight is 657 g/mol. The van der Waals surface area contributed by atoms with Gasteiger partial charge < -0.3 is 14.8 Å². The maximum Gasteiger partial charge on any atom is 0.358 e. The van der Waals surface area contributed by atoms with E-state index in [9.17, 15) is 33.9 Å². The number of carbonyl (C=O) groups excluding carboxylic acids is 5. The molecule has 14 nitrogen and oxygen atoms in total. The highest BCUT2D eigenvalue weighted by atomic mass is 35.5. The number of aromatic nitrogens is 1. The van der Waals surface area contributed by atoms with Gasteiger partial charge in [0.2, 0.25) is 17.6 Å². The van der Waals surface area contributed by atoms with E-state index in [1.807, 2.05) is 0 Å². The maximum absolute atomic E-state index is 13.7. The molecule has 5 amide bonds. The topological polar surface area (TPSA) is 182 Å². The zero-order chi connectivity index (χ0) is 32.2. The number of halogens is 2. The molecule has 3 heterocycles. The number of fused-ring (bicyclic) bond motifs is 1. The highest BCUT2D eigenvalue weighted by Gasteiger charge is 2.45. The van der Waals surface area contributed by atoms with Gasteiger partial charge in [0.25, 0.3) is 11.8 Å². The van der Waals surface area contributed by atoms with Crippen LogP contribution in [0, 0.1) is 0 Å². The van der Waals surface area contributed by atoms with Crippen LogP contribution in [0.1, 0.15) is 46.7 Å². The van der Waals surface area contributed by atoms with Crippen LogP contribution in [-0.2, 0) is 14.4 Å². The standard InChI is InChI=1S/C29H26Cl2N6O8/c30-17-8-4-9-18(31)24(17)21-15-32-28(45-21)25(41)19(14-23(39)40)33-27(43)20-10-5-12-36-22(38)11-13-35(29(44)37(20)36)34-26(42)16-6-2-1-3-7-16/h1-4,6-9,15,19-20H,5,10-14H2,(H,33,43)(H,34,42)(H,39,40). The molecule has 2 fully saturated rings. The van der Waals surface area contributed by atoms with Gasteiger partial charge in [-0.1, -0.05) is 47.5 Å². The van der Waals surface area contributed by atoms with E-state index in [4.69, 9.17) is 27.6 Å². The van der Waals surface area contributed by atoms with Crippen molar-refractivity contribution in [2.45, 2.75) is 37.8 Å². The van der Waals surface area contributed by atoms with Crippen molar-refractivity contribution in [3.05, 3.63) is 76.2 Å². The molecule has 0 saturated carbocycles. The molecule has 16 heteroatoms. The number of hydrogen-bond donors (Lipinski definition) is 3.